The Morgan fingerprint density at radius 3 is 2.62 bits per heavy atom. The fraction of sp³-hybridized carbons (Fsp3) is 0.833. The first-order valence-corrected chi connectivity index (χ1v) is 2.93. The average molecular weight is 114 g/mol. The number of nitrogens with one attached hydrogen (secondary N) is 1. The first-order valence-electron chi connectivity index (χ1n) is 2.93. The first kappa shape index (κ1) is 7.63. The molecular weight excluding hydrogens is 100 g/mol. The summed E-state index contributed by atoms with van der Waals surface area (Å²) >= 11 is 0. The lowest BCUT2D eigenvalue weighted by molar-refractivity contribution is 0.831. The monoisotopic (exact) mass is 114 g/mol. The SMILES string of the molecule is CNCC=NC(C)C. The van der Waals surface area contributed by atoms with Crippen LogP contribution < -0.4 is 5.32 Å². The van der Waals surface area contributed by atoms with E-state index in [-0.39, 0.29) is 0 Å². The van der Waals surface area contributed by atoms with Crippen LogP contribution in [0.15, 0.2) is 4.99 Å². The zero-order chi connectivity index (χ0) is 6.41. The molecule has 0 atom stereocenters. The molecule has 0 aromatic heterocycles. The van der Waals surface area contributed by atoms with Gasteiger partial charge in [-0.2, -0.15) is 0 Å². The van der Waals surface area contributed by atoms with Crippen molar-refractivity contribution in [3.8, 4) is 0 Å². The number of nitrogens with zero attached hydrogens (tertiary/aromatic N) is 1. The molecule has 0 rings (SSSR count). The second-order valence-corrected chi connectivity index (χ2v) is 1.98. The lowest BCUT2D eigenvalue weighted by Gasteiger charge is -1.92. The van der Waals surface area contributed by atoms with Crippen molar-refractivity contribution in [1.29, 1.82) is 0 Å². The van der Waals surface area contributed by atoms with Gasteiger partial charge in [-0.3, -0.25) is 4.99 Å². The second-order valence-electron chi connectivity index (χ2n) is 1.98. The molecule has 0 radical (unpaired) electrons. The maximum Gasteiger partial charge on any atom is 0.0439 e. The first-order chi connectivity index (χ1) is 3.77. The van der Waals surface area contributed by atoms with E-state index in [4.69, 9.17) is 0 Å². The third-order valence-electron chi connectivity index (χ3n) is 0.699. The van der Waals surface area contributed by atoms with Crippen molar-refractivity contribution in [3.05, 3.63) is 0 Å². The van der Waals surface area contributed by atoms with Crippen LogP contribution in [0.4, 0.5) is 0 Å². The van der Waals surface area contributed by atoms with Crippen LogP contribution in [0.1, 0.15) is 13.8 Å². The van der Waals surface area contributed by atoms with E-state index in [9.17, 15) is 0 Å². The Morgan fingerprint density at radius 2 is 2.25 bits per heavy atom. The van der Waals surface area contributed by atoms with Crippen molar-refractivity contribution >= 4 is 6.21 Å². The molecule has 0 unspecified atom stereocenters. The molecule has 2 heteroatoms. The number of aliphatic imine (C=N–C) groups is 1. The fourth-order valence-corrected chi connectivity index (χ4v) is 0.355. The van der Waals surface area contributed by atoms with Gasteiger partial charge in [-0.05, 0) is 20.9 Å². The summed E-state index contributed by atoms with van der Waals surface area (Å²) in [6.45, 7) is 5.00. The third-order valence-corrected chi connectivity index (χ3v) is 0.699. The molecule has 0 saturated heterocycles. The van der Waals surface area contributed by atoms with Gasteiger partial charge in [0.15, 0.2) is 0 Å². The summed E-state index contributed by atoms with van der Waals surface area (Å²) in [5, 5.41) is 2.97. The van der Waals surface area contributed by atoms with Crippen LogP contribution in [0.5, 0.6) is 0 Å². The Hall–Kier alpha value is -0.370. The molecule has 0 bridgehead atoms. The normalized spacial score (nSPS) is 11.5. The molecule has 0 saturated carbocycles. The molecule has 48 valence electrons. The van der Waals surface area contributed by atoms with Crippen LogP contribution in [0.25, 0.3) is 0 Å². The lowest BCUT2D eigenvalue weighted by Crippen LogP contribution is -2.09. The molecule has 1 N–H and O–H groups in total. The van der Waals surface area contributed by atoms with Crippen LogP contribution in [0, 0.1) is 0 Å². The van der Waals surface area contributed by atoms with Crippen LogP contribution in [0.3, 0.4) is 0 Å². The highest BCUT2D eigenvalue weighted by Crippen LogP contribution is 1.80. The predicted molar refractivity (Wildman–Crippen MR) is 37.6 cm³/mol. The number of hydrogen-bond donors (Lipinski definition) is 1. The molecule has 8 heavy (non-hydrogen) atoms. The van der Waals surface area contributed by atoms with Gasteiger partial charge in [-0.15, -0.1) is 0 Å². The predicted octanol–water partition coefficient (Wildman–Crippen LogP) is 0.685. The standard InChI is InChI=1S/C6H14N2/c1-6(2)8-5-4-7-3/h5-7H,4H2,1-3H3. The van der Waals surface area contributed by atoms with E-state index in [1.54, 1.807) is 0 Å². The van der Waals surface area contributed by atoms with E-state index in [0.29, 0.717) is 6.04 Å². The molecule has 0 aliphatic rings. The molecule has 0 fully saturated rings. The van der Waals surface area contributed by atoms with Gasteiger partial charge >= 0.3 is 0 Å². The Bertz CT molecular complexity index is 66.9. The van der Waals surface area contributed by atoms with E-state index < -0.39 is 0 Å². The minimum Gasteiger partial charge on any atom is -0.315 e. The van der Waals surface area contributed by atoms with Crippen LogP contribution >= 0.6 is 0 Å². The summed E-state index contributed by atoms with van der Waals surface area (Å²) < 4.78 is 0. The Balaban J connectivity index is 3.07. The van der Waals surface area contributed by atoms with Gasteiger partial charge in [0, 0.05) is 18.8 Å². The van der Waals surface area contributed by atoms with Crippen molar-refractivity contribution in [2.75, 3.05) is 13.6 Å². The van der Waals surface area contributed by atoms with Gasteiger partial charge in [-0.1, -0.05) is 0 Å². The minimum absolute atomic E-state index is 0.434. The summed E-state index contributed by atoms with van der Waals surface area (Å²) in [5.74, 6) is 0. The van der Waals surface area contributed by atoms with Crippen molar-refractivity contribution in [2.45, 2.75) is 19.9 Å². The Kier molecular flexibility index (Phi) is 4.56. The van der Waals surface area contributed by atoms with Crippen LogP contribution in [0.2, 0.25) is 0 Å². The van der Waals surface area contributed by atoms with E-state index in [1.807, 2.05) is 13.3 Å². The van der Waals surface area contributed by atoms with Gasteiger partial charge in [0.2, 0.25) is 0 Å². The van der Waals surface area contributed by atoms with Gasteiger partial charge in [-0.25, -0.2) is 0 Å². The zero-order valence-corrected chi connectivity index (χ0v) is 5.81. The minimum atomic E-state index is 0.434. The number of rotatable bonds is 3. The van der Waals surface area contributed by atoms with E-state index in [2.05, 4.69) is 24.2 Å². The summed E-state index contributed by atoms with van der Waals surface area (Å²) in [6, 6.07) is 0.434. The summed E-state index contributed by atoms with van der Waals surface area (Å²) in [4.78, 5) is 4.13. The fourth-order valence-electron chi connectivity index (χ4n) is 0.355. The summed E-state index contributed by atoms with van der Waals surface area (Å²) in [6.07, 6.45) is 1.89. The highest BCUT2D eigenvalue weighted by molar-refractivity contribution is 5.59. The van der Waals surface area contributed by atoms with Crippen molar-refractivity contribution in [1.82, 2.24) is 5.32 Å². The van der Waals surface area contributed by atoms with E-state index in [0.717, 1.165) is 6.54 Å². The van der Waals surface area contributed by atoms with Crippen molar-refractivity contribution in [3.63, 3.8) is 0 Å². The summed E-state index contributed by atoms with van der Waals surface area (Å²) in [7, 11) is 1.91. The van der Waals surface area contributed by atoms with Crippen LogP contribution in [-0.4, -0.2) is 25.8 Å². The lowest BCUT2D eigenvalue weighted by atomic mass is 10.4. The smallest absolute Gasteiger partial charge is 0.0439 e. The quantitative estimate of drug-likeness (QED) is 0.536. The number of hydrogen-bond acceptors (Lipinski definition) is 2. The highest BCUT2D eigenvalue weighted by atomic mass is 14.8. The molecule has 0 heterocycles. The molecule has 0 spiro atoms. The van der Waals surface area contributed by atoms with E-state index >= 15 is 0 Å². The van der Waals surface area contributed by atoms with Gasteiger partial charge in [0.05, 0.1) is 0 Å². The molecule has 0 aliphatic carbocycles. The van der Waals surface area contributed by atoms with Gasteiger partial charge < -0.3 is 5.32 Å². The molecule has 0 aromatic rings. The molecule has 0 amide bonds. The topological polar surface area (TPSA) is 24.4 Å². The Labute approximate surface area is 51.0 Å². The Morgan fingerprint density at radius 1 is 1.62 bits per heavy atom. The highest BCUT2D eigenvalue weighted by Gasteiger charge is 1.80. The largest absolute Gasteiger partial charge is 0.315 e. The van der Waals surface area contributed by atoms with Crippen molar-refractivity contribution < 1.29 is 0 Å². The van der Waals surface area contributed by atoms with Gasteiger partial charge in [0.25, 0.3) is 0 Å². The van der Waals surface area contributed by atoms with Crippen molar-refractivity contribution in [2.24, 2.45) is 4.99 Å². The molecule has 0 aliphatic heterocycles. The van der Waals surface area contributed by atoms with Crippen LogP contribution in [-0.2, 0) is 0 Å². The molecule has 0 aromatic carbocycles. The molecule has 2 nitrogen and oxygen atoms in total. The molecular formula is C6H14N2. The maximum absolute atomic E-state index is 4.13. The average Bonchev–Trinajstić information content (AvgIpc) is 1.66. The van der Waals surface area contributed by atoms with E-state index in [1.165, 1.54) is 0 Å². The summed E-state index contributed by atoms with van der Waals surface area (Å²) in [5.41, 5.74) is 0. The van der Waals surface area contributed by atoms with Gasteiger partial charge in [0.1, 0.15) is 0 Å². The maximum atomic E-state index is 4.13. The second kappa shape index (κ2) is 4.78. The third kappa shape index (κ3) is 5.63. The zero-order valence-electron chi connectivity index (χ0n) is 5.81.